The van der Waals surface area contributed by atoms with Crippen molar-refractivity contribution in [3.63, 3.8) is 0 Å². The molecule has 0 aliphatic carbocycles. The van der Waals surface area contributed by atoms with Crippen molar-refractivity contribution in [1.82, 2.24) is 4.98 Å². The summed E-state index contributed by atoms with van der Waals surface area (Å²) in [6, 6.07) is 1.94. The van der Waals surface area contributed by atoms with Gasteiger partial charge >= 0.3 is 0 Å². The van der Waals surface area contributed by atoms with Crippen molar-refractivity contribution in [2.45, 2.75) is 20.8 Å². The fourth-order valence-electron chi connectivity index (χ4n) is 0.790. The first kappa shape index (κ1) is 9.82. The van der Waals surface area contributed by atoms with E-state index in [0.29, 0.717) is 0 Å². The minimum atomic E-state index is 1.05. The average molecular weight is 152 g/mol. The van der Waals surface area contributed by atoms with Crippen molar-refractivity contribution >= 4 is 12.3 Å². The first-order valence-electron chi connectivity index (χ1n) is 3.90. The van der Waals surface area contributed by atoms with Gasteiger partial charge in [-0.15, -0.1) is 0 Å². The van der Waals surface area contributed by atoms with E-state index in [4.69, 9.17) is 5.73 Å². The molecule has 3 N–H and O–H groups in total. The zero-order chi connectivity index (χ0) is 8.69. The number of rotatable bonds is 0. The molecule has 0 aromatic carbocycles. The maximum Gasteiger partial charge on any atom is 0.0425 e. The van der Waals surface area contributed by atoms with Crippen molar-refractivity contribution in [3.8, 4) is 0 Å². The quantitative estimate of drug-likeness (QED) is 0.559. The van der Waals surface area contributed by atoms with Crippen LogP contribution < -0.4 is 16.3 Å². The Kier molecular flexibility index (Phi) is 4.99. The lowest BCUT2D eigenvalue weighted by Crippen LogP contribution is -2.22. The molecule has 0 aliphatic heterocycles. The molecule has 1 aromatic rings. The molecular weight excluding hydrogens is 136 g/mol. The summed E-state index contributed by atoms with van der Waals surface area (Å²) in [5.41, 5.74) is 5.31. The molecule has 0 aliphatic rings. The molecule has 1 aromatic heterocycles. The predicted octanol–water partition coefficient (Wildman–Crippen LogP) is 0.538. The summed E-state index contributed by atoms with van der Waals surface area (Å²) < 4.78 is 0. The number of hydrogen-bond donors (Lipinski definition) is 2. The Hall–Kier alpha value is -1.18. The summed E-state index contributed by atoms with van der Waals surface area (Å²) >= 11 is 0. The smallest absolute Gasteiger partial charge is 0.0425 e. The van der Waals surface area contributed by atoms with E-state index in [1.807, 2.05) is 39.1 Å². The van der Waals surface area contributed by atoms with Crippen LogP contribution in [0, 0.1) is 0 Å². The lowest BCUT2D eigenvalue weighted by Gasteiger charge is -1.73. The van der Waals surface area contributed by atoms with Gasteiger partial charge in [0.2, 0.25) is 0 Å². The van der Waals surface area contributed by atoms with Crippen molar-refractivity contribution in [2.75, 3.05) is 0 Å². The molecule has 11 heavy (non-hydrogen) atoms. The van der Waals surface area contributed by atoms with Crippen LogP contribution in [0.15, 0.2) is 12.3 Å². The van der Waals surface area contributed by atoms with Gasteiger partial charge in [0.1, 0.15) is 0 Å². The second kappa shape index (κ2) is 5.59. The molecule has 1 heterocycles. The summed E-state index contributed by atoms with van der Waals surface area (Å²) in [5, 5.41) is 2.13. The van der Waals surface area contributed by atoms with Gasteiger partial charge in [-0.3, -0.25) is 0 Å². The second-order valence-corrected chi connectivity index (χ2v) is 1.80. The molecular formula is C9H16N2. The Morgan fingerprint density at radius 3 is 2.45 bits per heavy atom. The van der Waals surface area contributed by atoms with Crippen LogP contribution in [0.2, 0.25) is 0 Å². The monoisotopic (exact) mass is 152 g/mol. The summed E-state index contributed by atoms with van der Waals surface area (Å²) in [4.78, 5) is 3.04. The second-order valence-electron chi connectivity index (χ2n) is 1.80. The highest BCUT2D eigenvalue weighted by Gasteiger charge is 1.78. The van der Waals surface area contributed by atoms with Gasteiger partial charge in [-0.05, 0) is 13.0 Å². The van der Waals surface area contributed by atoms with E-state index < -0.39 is 0 Å². The summed E-state index contributed by atoms with van der Waals surface area (Å²) in [7, 11) is 0. The van der Waals surface area contributed by atoms with Gasteiger partial charge in [-0.25, -0.2) is 0 Å². The normalized spacial score (nSPS) is 12.6. The highest BCUT2D eigenvalue weighted by atomic mass is 14.6. The Bertz CT molecular complexity index is 254. The van der Waals surface area contributed by atoms with Crippen LogP contribution in [0.5, 0.6) is 0 Å². The number of hydrogen-bond acceptors (Lipinski definition) is 1. The highest BCUT2D eigenvalue weighted by molar-refractivity contribution is 5.24. The van der Waals surface area contributed by atoms with Gasteiger partial charge in [0, 0.05) is 23.0 Å². The van der Waals surface area contributed by atoms with Gasteiger partial charge in [-0.1, -0.05) is 19.9 Å². The Balaban J connectivity index is 0.000000461. The van der Waals surface area contributed by atoms with Gasteiger partial charge in [-0.2, -0.15) is 0 Å². The van der Waals surface area contributed by atoms with Gasteiger partial charge in [0.15, 0.2) is 0 Å². The lowest BCUT2D eigenvalue weighted by atomic mass is 10.4. The number of H-pyrrole nitrogens is 1. The molecule has 0 amide bonds. The van der Waals surface area contributed by atoms with Crippen molar-refractivity contribution < 1.29 is 0 Å². The van der Waals surface area contributed by atoms with E-state index in [1.54, 1.807) is 6.20 Å². The maximum absolute atomic E-state index is 5.31. The molecule has 0 unspecified atom stereocenters. The maximum atomic E-state index is 5.31. The largest absolute Gasteiger partial charge is 0.404 e. The topological polar surface area (TPSA) is 41.8 Å². The summed E-state index contributed by atoms with van der Waals surface area (Å²) in [6.45, 7) is 5.97. The van der Waals surface area contributed by atoms with Crippen LogP contribution in [-0.2, 0) is 0 Å². The van der Waals surface area contributed by atoms with E-state index in [2.05, 4.69) is 4.98 Å². The van der Waals surface area contributed by atoms with E-state index in [1.165, 1.54) is 0 Å². The Morgan fingerprint density at radius 1 is 1.45 bits per heavy atom. The Labute approximate surface area is 67.4 Å². The van der Waals surface area contributed by atoms with Crippen molar-refractivity contribution in [1.29, 1.82) is 0 Å². The number of nitrogens with one attached hydrogen (secondary N) is 1. The molecule has 0 saturated carbocycles. The molecule has 2 nitrogen and oxygen atoms in total. The average Bonchev–Trinajstić information content (AvgIpc) is 2.54. The van der Waals surface area contributed by atoms with Crippen LogP contribution in [-0.4, -0.2) is 4.98 Å². The predicted molar refractivity (Wildman–Crippen MR) is 50.2 cm³/mol. The molecule has 0 radical (unpaired) electrons. The zero-order valence-electron chi connectivity index (χ0n) is 7.39. The van der Waals surface area contributed by atoms with E-state index >= 15 is 0 Å². The molecule has 0 atom stereocenters. The molecule has 0 fully saturated rings. The molecule has 0 spiro atoms. The first-order chi connectivity index (χ1) is 5.38. The fourth-order valence-corrected chi connectivity index (χ4v) is 0.790. The molecule has 62 valence electrons. The molecule has 2 heteroatoms. The third-order valence-corrected chi connectivity index (χ3v) is 1.28. The standard InChI is InChI=1S/C7H10N2.C2H6/c1-2-7-6(5-8)3-4-9-7;1-2/h2-5,9H,8H2,1H3;1-2H3/b6-5-,7-2+;. The first-order valence-corrected chi connectivity index (χ1v) is 3.90. The van der Waals surface area contributed by atoms with Crippen LogP contribution >= 0.6 is 0 Å². The molecule has 1 rings (SSSR count). The highest BCUT2D eigenvalue weighted by Crippen LogP contribution is 1.60. The van der Waals surface area contributed by atoms with Gasteiger partial charge < -0.3 is 10.7 Å². The third kappa shape index (κ3) is 2.50. The fraction of sp³-hybridized carbons (Fsp3) is 0.333. The van der Waals surface area contributed by atoms with Crippen LogP contribution in [0.3, 0.4) is 0 Å². The van der Waals surface area contributed by atoms with Gasteiger partial charge in [0.05, 0.1) is 0 Å². The molecule has 0 bridgehead atoms. The number of nitrogens with two attached hydrogens (primary N) is 1. The minimum absolute atomic E-state index is 1.05. The van der Waals surface area contributed by atoms with Gasteiger partial charge in [0.25, 0.3) is 0 Å². The van der Waals surface area contributed by atoms with Crippen LogP contribution in [0.4, 0.5) is 0 Å². The zero-order valence-corrected chi connectivity index (χ0v) is 7.39. The Morgan fingerprint density at radius 2 is 2.09 bits per heavy atom. The summed E-state index contributed by atoms with van der Waals surface area (Å²) in [6.07, 6.45) is 5.44. The number of aromatic amines is 1. The third-order valence-electron chi connectivity index (χ3n) is 1.28. The SMILES string of the molecule is C/C=c1/[nH]cc/c1=C/N.CC. The lowest BCUT2D eigenvalue weighted by molar-refractivity contribution is 1.31. The van der Waals surface area contributed by atoms with E-state index in [-0.39, 0.29) is 0 Å². The molecule has 0 saturated heterocycles. The number of aromatic nitrogens is 1. The van der Waals surface area contributed by atoms with E-state index in [9.17, 15) is 0 Å². The minimum Gasteiger partial charge on any atom is -0.404 e. The van der Waals surface area contributed by atoms with Crippen molar-refractivity contribution in [3.05, 3.63) is 22.8 Å². The van der Waals surface area contributed by atoms with Crippen LogP contribution in [0.25, 0.3) is 12.3 Å². The van der Waals surface area contributed by atoms with Crippen LogP contribution in [0.1, 0.15) is 20.8 Å². The summed E-state index contributed by atoms with van der Waals surface area (Å²) in [5.74, 6) is 0. The van der Waals surface area contributed by atoms with Crippen molar-refractivity contribution in [2.24, 2.45) is 5.73 Å². The van der Waals surface area contributed by atoms with E-state index in [0.717, 1.165) is 10.6 Å².